The summed E-state index contributed by atoms with van der Waals surface area (Å²) in [6.07, 6.45) is 10.8. The number of H-pyrrole nitrogens is 1. The molecular weight excluding hydrogens is 326 g/mol. The summed E-state index contributed by atoms with van der Waals surface area (Å²) in [4.78, 5) is 25.8. The molecule has 4 heterocycles. The number of fused-ring (bicyclic) bond motifs is 1. The number of hydrogen-bond donors (Lipinski definition) is 2. The zero-order valence-corrected chi connectivity index (χ0v) is 14.5. The third kappa shape index (κ3) is 3.18. The smallest absolute Gasteiger partial charge is 0.243 e. The summed E-state index contributed by atoms with van der Waals surface area (Å²) in [6.45, 7) is 5.27. The molecule has 1 fully saturated rings. The lowest BCUT2D eigenvalue weighted by molar-refractivity contribution is -0.117. The Labute approximate surface area is 152 Å². The van der Waals surface area contributed by atoms with Gasteiger partial charge in [0.2, 0.25) is 5.91 Å². The van der Waals surface area contributed by atoms with Gasteiger partial charge in [0.25, 0.3) is 0 Å². The Balaban J connectivity index is 1.62. The SMILES string of the molecule is C=CC(=O)NC1CCCN(c2cnc3[nH]cc(-c4ccncc4)c3c2)C1. The van der Waals surface area contributed by atoms with Gasteiger partial charge in [-0.3, -0.25) is 9.78 Å². The van der Waals surface area contributed by atoms with E-state index in [0.717, 1.165) is 53.8 Å². The molecule has 1 aliphatic heterocycles. The summed E-state index contributed by atoms with van der Waals surface area (Å²) >= 11 is 0. The van der Waals surface area contributed by atoms with Crippen LogP contribution in [0.1, 0.15) is 12.8 Å². The van der Waals surface area contributed by atoms with E-state index in [2.05, 4.69) is 37.8 Å². The number of nitrogens with one attached hydrogen (secondary N) is 2. The highest BCUT2D eigenvalue weighted by molar-refractivity contribution is 5.95. The van der Waals surface area contributed by atoms with Crippen LogP contribution in [-0.4, -0.2) is 40.0 Å². The molecule has 3 aromatic heterocycles. The number of piperidine rings is 1. The molecule has 3 aromatic rings. The van der Waals surface area contributed by atoms with E-state index >= 15 is 0 Å². The van der Waals surface area contributed by atoms with Crippen molar-refractivity contribution in [1.29, 1.82) is 0 Å². The average Bonchev–Trinajstić information content (AvgIpc) is 3.12. The van der Waals surface area contributed by atoms with Crippen LogP contribution in [0, 0.1) is 0 Å². The number of anilines is 1. The Morgan fingerprint density at radius 1 is 1.38 bits per heavy atom. The number of aromatic amines is 1. The highest BCUT2D eigenvalue weighted by atomic mass is 16.1. The van der Waals surface area contributed by atoms with Crippen molar-refractivity contribution in [2.24, 2.45) is 0 Å². The van der Waals surface area contributed by atoms with E-state index in [1.165, 1.54) is 6.08 Å². The quantitative estimate of drug-likeness (QED) is 0.712. The van der Waals surface area contributed by atoms with Gasteiger partial charge >= 0.3 is 0 Å². The molecule has 4 rings (SSSR count). The first-order valence-corrected chi connectivity index (χ1v) is 8.80. The Morgan fingerprint density at radius 3 is 3.04 bits per heavy atom. The number of hydrogen-bond acceptors (Lipinski definition) is 4. The van der Waals surface area contributed by atoms with Crippen molar-refractivity contribution in [3.8, 4) is 11.1 Å². The number of rotatable bonds is 4. The lowest BCUT2D eigenvalue weighted by Gasteiger charge is -2.34. The Hall–Kier alpha value is -3.15. The Kier molecular flexibility index (Phi) is 4.39. The van der Waals surface area contributed by atoms with E-state index in [1.54, 1.807) is 12.4 Å². The van der Waals surface area contributed by atoms with Gasteiger partial charge in [0.15, 0.2) is 0 Å². The highest BCUT2D eigenvalue weighted by Gasteiger charge is 2.22. The summed E-state index contributed by atoms with van der Waals surface area (Å²) in [5.41, 5.74) is 4.17. The predicted molar refractivity (Wildman–Crippen MR) is 103 cm³/mol. The van der Waals surface area contributed by atoms with E-state index < -0.39 is 0 Å². The minimum atomic E-state index is -0.115. The Morgan fingerprint density at radius 2 is 2.23 bits per heavy atom. The van der Waals surface area contributed by atoms with Crippen molar-refractivity contribution in [3.63, 3.8) is 0 Å². The number of amides is 1. The molecule has 1 atom stereocenters. The fraction of sp³-hybridized carbons (Fsp3) is 0.250. The van der Waals surface area contributed by atoms with Gasteiger partial charge in [0.1, 0.15) is 5.65 Å². The second-order valence-corrected chi connectivity index (χ2v) is 6.53. The Bertz CT molecular complexity index is 934. The van der Waals surface area contributed by atoms with Crippen LogP contribution in [0.4, 0.5) is 5.69 Å². The van der Waals surface area contributed by atoms with Gasteiger partial charge in [-0.2, -0.15) is 0 Å². The minimum absolute atomic E-state index is 0.115. The average molecular weight is 347 g/mol. The summed E-state index contributed by atoms with van der Waals surface area (Å²) in [5.74, 6) is -0.115. The highest BCUT2D eigenvalue weighted by Crippen LogP contribution is 2.30. The molecule has 2 N–H and O–H groups in total. The largest absolute Gasteiger partial charge is 0.368 e. The van der Waals surface area contributed by atoms with Gasteiger partial charge in [0.05, 0.1) is 11.9 Å². The maximum atomic E-state index is 11.6. The van der Waals surface area contributed by atoms with Crippen LogP contribution in [0.3, 0.4) is 0 Å². The molecule has 0 radical (unpaired) electrons. The van der Waals surface area contributed by atoms with E-state index in [9.17, 15) is 4.79 Å². The van der Waals surface area contributed by atoms with E-state index in [1.807, 2.05) is 24.5 Å². The number of pyridine rings is 2. The lowest BCUT2D eigenvalue weighted by Crippen LogP contribution is -2.47. The molecule has 6 nitrogen and oxygen atoms in total. The number of carbonyl (C=O) groups excluding carboxylic acids is 1. The normalized spacial score (nSPS) is 17.2. The third-order valence-electron chi connectivity index (χ3n) is 4.83. The molecule has 1 amide bonds. The molecule has 1 saturated heterocycles. The van der Waals surface area contributed by atoms with Crippen LogP contribution in [0.5, 0.6) is 0 Å². The molecular formula is C20H21N5O. The summed E-state index contributed by atoms with van der Waals surface area (Å²) in [5, 5.41) is 4.09. The molecule has 0 aliphatic carbocycles. The third-order valence-corrected chi connectivity index (χ3v) is 4.83. The lowest BCUT2D eigenvalue weighted by atomic mass is 10.0. The van der Waals surface area contributed by atoms with Crippen LogP contribution >= 0.6 is 0 Å². The zero-order chi connectivity index (χ0) is 17.9. The molecule has 0 aromatic carbocycles. The van der Waals surface area contributed by atoms with Crippen LogP contribution in [0.25, 0.3) is 22.2 Å². The second kappa shape index (κ2) is 7.00. The van der Waals surface area contributed by atoms with Crippen molar-refractivity contribution >= 4 is 22.6 Å². The molecule has 0 bridgehead atoms. The van der Waals surface area contributed by atoms with Gasteiger partial charge in [0, 0.05) is 48.7 Å². The molecule has 132 valence electrons. The first kappa shape index (κ1) is 16.3. The maximum absolute atomic E-state index is 11.6. The van der Waals surface area contributed by atoms with E-state index in [4.69, 9.17) is 0 Å². The molecule has 0 spiro atoms. The van der Waals surface area contributed by atoms with Crippen molar-refractivity contribution in [2.45, 2.75) is 18.9 Å². The number of aromatic nitrogens is 3. The van der Waals surface area contributed by atoms with Gasteiger partial charge in [-0.1, -0.05) is 6.58 Å². The fourth-order valence-corrected chi connectivity index (χ4v) is 3.53. The van der Waals surface area contributed by atoms with Crippen LogP contribution in [0.15, 0.2) is 55.6 Å². The summed E-state index contributed by atoms with van der Waals surface area (Å²) in [6, 6.07) is 6.30. The van der Waals surface area contributed by atoms with Gasteiger partial charge in [-0.15, -0.1) is 0 Å². The van der Waals surface area contributed by atoms with Crippen molar-refractivity contribution in [2.75, 3.05) is 18.0 Å². The predicted octanol–water partition coefficient (Wildman–Crippen LogP) is 2.90. The molecule has 6 heteroatoms. The number of carbonyl (C=O) groups is 1. The molecule has 26 heavy (non-hydrogen) atoms. The van der Waals surface area contributed by atoms with Crippen LogP contribution in [0.2, 0.25) is 0 Å². The second-order valence-electron chi connectivity index (χ2n) is 6.53. The monoisotopic (exact) mass is 347 g/mol. The van der Waals surface area contributed by atoms with Crippen molar-refractivity contribution in [1.82, 2.24) is 20.3 Å². The molecule has 1 unspecified atom stereocenters. The van der Waals surface area contributed by atoms with Gasteiger partial charge in [-0.25, -0.2) is 4.98 Å². The van der Waals surface area contributed by atoms with E-state index in [-0.39, 0.29) is 11.9 Å². The molecule has 1 aliphatic rings. The van der Waals surface area contributed by atoms with Gasteiger partial charge < -0.3 is 15.2 Å². The fourth-order valence-electron chi connectivity index (χ4n) is 3.53. The number of nitrogens with zero attached hydrogens (tertiary/aromatic N) is 3. The molecule has 0 saturated carbocycles. The topological polar surface area (TPSA) is 73.9 Å². The van der Waals surface area contributed by atoms with Crippen molar-refractivity contribution in [3.05, 3.63) is 55.6 Å². The first-order valence-electron chi connectivity index (χ1n) is 8.80. The van der Waals surface area contributed by atoms with Crippen molar-refractivity contribution < 1.29 is 4.79 Å². The summed E-state index contributed by atoms with van der Waals surface area (Å²) < 4.78 is 0. The van der Waals surface area contributed by atoms with E-state index in [0.29, 0.717) is 0 Å². The van der Waals surface area contributed by atoms with Gasteiger partial charge in [-0.05, 0) is 42.7 Å². The van der Waals surface area contributed by atoms with Crippen LogP contribution in [-0.2, 0) is 4.79 Å². The summed E-state index contributed by atoms with van der Waals surface area (Å²) in [7, 11) is 0. The standard InChI is InChI=1S/C20H21N5O/c1-2-19(26)24-15-4-3-9-25(13-15)16-10-17-18(12-23-20(17)22-11-16)14-5-7-21-8-6-14/h2,5-8,10-12,15H,1,3-4,9,13H2,(H,22,23)(H,24,26). The van der Waals surface area contributed by atoms with Crippen LogP contribution < -0.4 is 10.2 Å². The first-order chi connectivity index (χ1) is 12.7. The minimum Gasteiger partial charge on any atom is -0.368 e. The zero-order valence-electron chi connectivity index (χ0n) is 14.5. The maximum Gasteiger partial charge on any atom is 0.243 e.